The molecule has 0 aliphatic carbocycles. The van der Waals surface area contributed by atoms with Crippen LogP contribution in [0.3, 0.4) is 0 Å². The molecule has 0 atom stereocenters. The van der Waals surface area contributed by atoms with Crippen LogP contribution >= 0.6 is 0 Å². The van der Waals surface area contributed by atoms with Crippen LogP contribution in [0.2, 0.25) is 0 Å². The summed E-state index contributed by atoms with van der Waals surface area (Å²) >= 11 is 0. The number of hydrogen-bond acceptors (Lipinski definition) is 3. The Morgan fingerprint density at radius 2 is 1.57 bits per heavy atom. The third kappa shape index (κ3) is 11.2. The zero-order chi connectivity index (χ0) is 5.21. The topological polar surface area (TPSA) is 60.7 Å². The molecular formula is C2H7KO3Si. The minimum Gasteiger partial charge on any atom is -1.00 e. The fourth-order valence-corrected chi connectivity index (χ4v) is 0. The van der Waals surface area contributed by atoms with Crippen LogP contribution in [0.5, 0.6) is 0 Å². The van der Waals surface area contributed by atoms with E-state index >= 15 is 0 Å². The molecule has 0 bridgehead atoms. The second-order valence-corrected chi connectivity index (χ2v) is 2.67. The molecule has 0 aliphatic rings. The summed E-state index contributed by atoms with van der Waals surface area (Å²) in [4.78, 5) is 23.9. The van der Waals surface area contributed by atoms with E-state index in [0.29, 0.717) is 0 Å². The van der Waals surface area contributed by atoms with Gasteiger partial charge in [0.2, 0.25) is 0 Å². The Labute approximate surface area is 87.0 Å². The maximum Gasteiger partial charge on any atom is 1.00 e. The molecule has 0 aromatic heterocycles. The fraction of sp³-hybridized carbons (Fsp3) is 0. The minimum absolute atomic E-state index is 0. The van der Waals surface area contributed by atoms with Crippen molar-refractivity contribution in [3.8, 4) is 0 Å². The molecule has 38 valence electrons. The van der Waals surface area contributed by atoms with E-state index in [9.17, 15) is 0 Å². The third-order valence-electron chi connectivity index (χ3n) is 0.274. The normalized spacial score (nSPS) is 9.57. The van der Waals surface area contributed by atoms with Gasteiger partial charge in [0.1, 0.15) is 0 Å². The van der Waals surface area contributed by atoms with Crippen LogP contribution in [-0.2, 0) is 0 Å². The summed E-state index contributed by atoms with van der Waals surface area (Å²) < 4.78 is 0. The Bertz CT molecular complexity index is 62.8. The van der Waals surface area contributed by atoms with Crippen molar-refractivity contribution in [3.05, 3.63) is 12.3 Å². The van der Waals surface area contributed by atoms with E-state index in [1.807, 2.05) is 0 Å². The quantitative estimate of drug-likeness (QED) is 0.328. The van der Waals surface area contributed by atoms with Gasteiger partial charge in [-0.2, -0.15) is 0 Å². The largest absolute Gasteiger partial charge is 1.00 e. The fourth-order valence-electron chi connectivity index (χ4n) is 0. The first-order valence-corrected chi connectivity index (χ1v) is 3.29. The van der Waals surface area contributed by atoms with Crippen molar-refractivity contribution in [1.29, 1.82) is 0 Å². The van der Waals surface area contributed by atoms with Crippen LogP contribution in [0.1, 0.15) is 1.43 Å². The van der Waals surface area contributed by atoms with Crippen molar-refractivity contribution in [1.82, 2.24) is 0 Å². The predicted molar refractivity (Wildman–Crippen MR) is 23.7 cm³/mol. The van der Waals surface area contributed by atoms with Crippen molar-refractivity contribution in [2.75, 3.05) is 0 Å². The van der Waals surface area contributed by atoms with Crippen LogP contribution in [0.25, 0.3) is 0 Å². The second kappa shape index (κ2) is 4.36. The molecule has 0 amide bonds. The molecule has 0 radical (unpaired) electrons. The molecule has 5 heteroatoms. The van der Waals surface area contributed by atoms with E-state index in [0.717, 1.165) is 5.70 Å². The van der Waals surface area contributed by atoms with Gasteiger partial charge >= 0.3 is 60.2 Å². The van der Waals surface area contributed by atoms with Gasteiger partial charge in [0.05, 0.1) is 0 Å². The summed E-state index contributed by atoms with van der Waals surface area (Å²) in [5, 5.41) is 0. The van der Waals surface area contributed by atoms with Crippen LogP contribution in [0.15, 0.2) is 12.3 Å². The monoisotopic (exact) mass is 146 g/mol. The average molecular weight is 146 g/mol. The Kier molecular flexibility index (Phi) is 7.04. The molecule has 0 aromatic rings. The molecular weight excluding hydrogens is 139 g/mol. The van der Waals surface area contributed by atoms with E-state index in [1.165, 1.54) is 0 Å². The van der Waals surface area contributed by atoms with Gasteiger partial charge < -0.3 is 15.8 Å². The van der Waals surface area contributed by atoms with Gasteiger partial charge in [-0.15, -0.1) is 0 Å². The van der Waals surface area contributed by atoms with E-state index in [2.05, 4.69) is 6.58 Å². The van der Waals surface area contributed by atoms with Crippen molar-refractivity contribution < 1.29 is 67.2 Å². The number of rotatable bonds is 1. The van der Waals surface area contributed by atoms with Gasteiger partial charge in [0, 0.05) is 0 Å². The first kappa shape index (κ1) is 11.3. The maximum atomic E-state index is 7.96. The minimum atomic E-state index is -3.87. The average Bonchev–Trinajstić information content (AvgIpc) is 1.35. The van der Waals surface area contributed by atoms with Crippen LogP contribution in [-0.4, -0.2) is 23.2 Å². The van der Waals surface area contributed by atoms with Crippen LogP contribution < -0.4 is 51.4 Å². The molecule has 0 fully saturated rings. The van der Waals surface area contributed by atoms with Crippen molar-refractivity contribution in [2.24, 2.45) is 0 Å². The van der Waals surface area contributed by atoms with Gasteiger partial charge in [0.15, 0.2) is 0 Å². The molecule has 0 aromatic carbocycles. The van der Waals surface area contributed by atoms with E-state index in [4.69, 9.17) is 14.4 Å². The zero-order valence-electron chi connectivity index (χ0n) is 5.13. The molecule has 0 rings (SSSR count). The molecule has 0 unspecified atom stereocenters. The Hall–Kier alpha value is 1.47. The smallest absolute Gasteiger partial charge is 1.00 e. The molecule has 0 saturated heterocycles. The van der Waals surface area contributed by atoms with Gasteiger partial charge in [0.25, 0.3) is 0 Å². The molecule has 3 nitrogen and oxygen atoms in total. The van der Waals surface area contributed by atoms with Gasteiger partial charge in [-0.1, -0.05) is 6.58 Å². The standard InChI is InChI=1S/C2H6O3Si.K.H/c1-2-6(3,4)5;;/h2-5H,1H2;;/q;+1;-1. The van der Waals surface area contributed by atoms with Gasteiger partial charge in [-0.3, -0.25) is 0 Å². The molecule has 0 spiro atoms. The Morgan fingerprint density at radius 1 is 1.43 bits per heavy atom. The van der Waals surface area contributed by atoms with Crippen molar-refractivity contribution in [2.45, 2.75) is 0 Å². The van der Waals surface area contributed by atoms with Crippen LogP contribution in [0.4, 0.5) is 0 Å². The second-order valence-electron chi connectivity index (χ2n) is 0.891. The number of hydrogen-bond donors (Lipinski definition) is 3. The third-order valence-corrected chi connectivity index (χ3v) is 0.822. The Balaban J connectivity index is -0.000000125. The zero-order valence-corrected chi connectivity index (χ0v) is 8.25. The van der Waals surface area contributed by atoms with E-state index in [1.54, 1.807) is 0 Å². The molecule has 0 aliphatic heterocycles. The van der Waals surface area contributed by atoms with Gasteiger partial charge in [-0.25, -0.2) is 0 Å². The Morgan fingerprint density at radius 3 is 1.57 bits per heavy atom. The van der Waals surface area contributed by atoms with Crippen molar-refractivity contribution >= 4 is 8.80 Å². The van der Waals surface area contributed by atoms with E-state index in [-0.39, 0.29) is 52.8 Å². The summed E-state index contributed by atoms with van der Waals surface area (Å²) in [6.07, 6.45) is 0. The summed E-state index contributed by atoms with van der Waals surface area (Å²) in [6.45, 7) is 2.94. The predicted octanol–water partition coefficient (Wildman–Crippen LogP) is -4.26. The van der Waals surface area contributed by atoms with E-state index < -0.39 is 8.80 Å². The van der Waals surface area contributed by atoms with Crippen molar-refractivity contribution in [3.63, 3.8) is 0 Å². The van der Waals surface area contributed by atoms with Crippen LogP contribution in [0, 0.1) is 0 Å². The first-order valence-electron chi connectivity index (χ1n) is 1.37. The molecule has 0 heterocycles. The molecule has 0 saturated carbocycles. The summed E-state index contributed by atoms with van der Waals surface area (Å²) in [6, 6.07) is 0. The molecule has 3 N–H and O–H groups in total. The summed E-state index contributed by atoms with van der Waals surface area (Å²) in [5.74, 6) is 0. The first-order chi connectivity index (χ1) is 2.56. The van der Waals surface area contributed by atoms with Gasteiger partial charge in [-0.05, 0) is 5.70 Å². The summed E-state index contributed by atoms with van der Waals surface area (Å²) in [7, 11) is -3.87. The maximum absolute atomic E-state index is 7.96. The summed E-state index contributed by atoms with van der Waals surface area (Å²) in [5.41, 5.74) is 0.743. The molecule has 7 heavy (non-hydrogen) atoms. The SMILES string of the molecule is C=C[Si](O)(O)O.[H-].[K+].